The number of nitrogens with zero attached hydrogens (tertiary/aromatic N) is 1. The van der Waals surface area contributed by atoms with Crippen LogP contribution >= 0.6 is 12.4 Å². The molecule has 3 rings (SSSR count). The molecular weight excluding hydrogens is 417 g/mol. The summed E-state index contributed by atoms with van der Waals surface area (Å²) in [6, 6.07) is 11.3. The Bertz CT molecular complexity index is 897. The minimum atomic E-state index is -3.47. The molecule has 0 aromatic heterocycles. The van der Waals surface area contributed by atoms with Gasteiger partial charge in [0.2, 0.25) is 0 Å². The number of likely N-dealkylation sites (tertiary alicyclic amines) is 1. The van der Waals surface area contributed by atoms with E-state index < -0.39 is 15.1 Å². The van der Waals surface area contributed by atoms with E-state index in [1.165, 1.54) is 26.4 Å². The van der Waals surface area contributed by atoms with E-state index in [4.69, 9.17) is 9.47 Å². The molecule has 0 aliphatic carbocycles. The zero-order valence-electron chi connectivity index (χ0n) is 16.6. The second kappa shape index (κ2) is 10.3. The SMILES string of the molecule is COc1ccc(S(=O)(=O)C2CCN(CCc3ccc(F)cc3)CC2)c(OC)c1.Cl. The van der Waals surface area contributed by atoms with Crippen molar-refractivity contribution in [2.75, 3.05) is 33.9 Å². The van der Waals surface area contributed by atoms with Crippen LogP contribution in [0.25, 0.3) is 0 Å². The van der Waals surface area contributed by atoms with E-state index in [-0.39, 0.29) is 23.1 Å². The number of rotatable bonds is 7. The van der Waals surface area contributed by atoms with E-state index in [2.05, 4.69) is 4.90 Å². The minimum Gasteiger partial charge on any atom is -0.497 e. The molecule has 1 aliphatic heterocycles. The molecule has 1 saturated heterocycles. The van der Waals surface area contributed by atoms with E-state index in [0.717, 1.165) is 31.6 Å². The molecule has 1 aliphatic rings. The summed E-state index contributed by atoms with van der Waals surface area (Å²) in [5, 5.41) is -0.420. The average Bonchev–Trinajstić information content (AvgIpc) is 2.73. The largest absolute Gasteiger partial charge is 0.497 e. The van der Waals surface area contributed by atoms with E-state index in [1.807, 2.05) is 0 Å². The Balaban J connectivity index is 0.00000300. The fraction of sp³-hybridized carbons (Fsp3) is 0.429. The molecule has 5 nitrogen and oxygen atoms in total. The van der Waals surface area contributed by atoms with Crippen LogP contribution in [0.2, 0.25) is 0 Å². The molecule has 8 heteroatoms. The number of benzene rings is 2. The molecule has 0 bridgehead atoms. The normalized spacial score (nSPS) is 15.6. The molecule has 0 unspecified atom stereocenters. The van der Waals surface area contributed by atoms with Crippen molar-refractivity contribution >= 4 is 22.2 Å². The van der Waals surface area contributed by atoms with Gasteiger partial charge in [0.1, 0.15) is 22.2 Å². The third-order valence-corrected chi connectivity index (χ3v) is 7.58. The highest BCUT2D eigenvalue weighted by Gasteiger charge is 2.33. The van der Waals surface area contributed by atoms with Crippen LogP contribution < -0.4 is 9.47 Å². The molecule has 0 atom stereocenters. The van der Waals surface area contributed by atoms with Gasteiger partial charge in [-0.1, -0.05) is 12.1 Å². The highest BCUT2D eigenvalue weighted by molar-refractivity contribution is 7.92. The van der Waals surface area contributed by atoms with Gasteiger partial charge < -0.3 is 14.4 Å². The van der Waals surface area contributed by atoms with Crippen LogP contribution in [0.1, 0.15) is 18.4 Å². The van der Waals surface area contributed by atoms with Gasteiger partial charge in [-0.05, 0) is 62.2 Å². The van der Waals surface area contributed by atoms with Crippen LogP contribution in [0, 0.1) is 5.82 Å². The van der Waals surface area contributed by atoms with Gasteiger partial charge in [0.15, 0.2) is 9.84 Å². The maximum Gasteiger partial charge on any atom is 0.184 e. The van der Waals surface area contributed by atoms with Crippen molar-refractivity contribution in [1.82, 2.24) is 4.90 Å². The lowest BCUT2D eigenvalue weighted by molar-refractivity contribution is 0.232. The monoisotopic (exact) mass is 443 g/mol. The quantitative estimate of drug-likeness (QED) is 0.652. The maximum atomic E-state index is 13.1. The first-order valence-corrected chi connectivity index (χ1v) is 10.9. The third kappa shape index (κ3) is 5.62. The molecule has 2 aromatic rings. The van der Waals surface area contributed by atoms with Gasteiger partial charge in [-0.2, -0.15) is 0 Å². The molecule has 0 N–H and O–H groups in total. The lowest BCUT2D eigenvalue weighted by Gasteiger charge is -2.32. The maximum absolute atomic E-state index is 13.1. The first-order chi connectivity index (χ1) is 13.4. The van der Waals surface area contributed by atoms with Gasteiger partial charge in [0, 0.05) is 12.6 Å². The molecule has 29 heavy (non-hydrogen) atoms. The summed E-state index contributed by atoms with van der Waals surface area (Å²) in [5.74, 6) is 0.647. The highest BCUT2D eigenvalue weighted by atomic mass is 35.5. The lowest BCUT2D eigenvalue weighted by atomic mass is 10.1. The Kier molecular flexibility index (Phi) is 8.31. The summed E-state index contributed by atoms with van der Waals surface area (Å²) >= 11 is 0. The lowest BCUT2D eigenvalue weighted by Crippen LogP contribution is -2.40. The smallest absolute Gasteiger partial charge is 0.184 e. The number of hydrogen-bond donors (Lipinski definition) is 0. The Hall–Kier alpha value is -1.83. The van der Waals surface area contributed by atoms with E-state index in [1.54, 1.807) is 30.3 Å². The van der Waals surface area contributed by atoms with Crippen molar-refractivity contribution in [3.63, 3.8) is 0 Å². The van der Waals surface area contributed by atoms with Gasteiger partial charge in [0.25, 0.3) is 0 Å². The number of piperidine rings is 1. The Morgan fingerprint density at radius 3 is 2.28 bits per heavy atom. The van der Waals surface area contributed by atoms with Crippen molar-refractivity contribution in [3.8, 4) is 11.5 Å². The van der Waals surface area contributed by atoms with Crippen LogP contribution in [-0.4, -0.2) is 52.4 Å². The average molecular weight is 444 g/mol. The van der Waals surface area contributed by atoms with Crippen LogP contribution in [0.3, 0.4) is 0 Å². The van der Waals surface area contributed by atoms with E-state index in [0.29, 0.717) is 24.3 Å². The van der Waals surface area contributed by atoms with Crippen LogP contribution in [0.15, 0.2) is 47.4 Å². The summed E-state index contributed by atoms with van der Waals surface area (Å²) < 4.78 is 49.6. The van der Waals surface area contributed by atoms with Gasteiger partial charge in [-0.3, -0.25) is 0 Å². The standard InChI is InChI=1S/C21H26FNO4S.ClH/c1-26-18-7-8-21(20(15-18)27-2)28(24,25)19-10-13-23(14-11-19)12-9-16-3-5-17(22)6-4-16;/h3-8,15,19H,9-14H2,1-2H3;1H. The van der Waals surface area contributed by atoms with Crippen molar-refractivity contribution in [3.05, 3.63) is 53.8 Å². The summed E-state index contributed by atoms with van der Waals surface area (Å²) in [4.78, 5) is 2.49. The topological polar surface area (TPSA) is 55.8 Å². The predicted molar refractivity (Wildman–Crippen MR) is 114 cm³/mol. The van der Waals surface area contributed by atoms with E-state index in [9.17, 15) is 12.8 Å². The Labute approximate surface area is 178 Å². The first-order valence-electron chi connectivity index (χ1n) is 9.37. The van der Waals surface area contributed by atoms with Crippen LogP contribution in [0.5, 0.6) is 11.5 Å². The third-order valence-electron chi connectivity index (χ3n) is 5.28. The number of ether oxygens (including phenoxy) is 2. The minimum absolute atomic E-state index is 0. The van der Waals surface area contributed by atoms with Crippen molar-refractivity contribution in [1.29, 1.82) is 0 Å². The number of sulfone groups is 1. The number of halogens is 2. The van der Waals surface area contributed by atoms with Gasteiger partial charge in [0.05, 0.1) is 19.5 Å². The van der Waals surface area contributed by atoms with Gasteiger partial charge in [-0.25, -0.2) is 12.8 Å². The fourth-order valence-electron chi connectivity index (χ4n) is 3.57. The van der Waals surface area contributed by atoms with Crippen molar-refractivity contribution in [2.24, 2.45) is 0 Å². The molecular formula is C21H27ClFNO4S. The molecule has 0 radical (unpaired) electrons. The van der Waals surface area contributed by atoms with Gasteiger partial charge >= 0.3 is 0 Å². The highest BCUT2D eigenvalue weighted by Crippen LogP contribution is 2.33. The molecule has 1 heterocycles. The van der Waals surface area contributed by atoms with Crippen LogP contribution in [-0.2, 0) is 16.3 Å². The molecule has 1 fully saturated rings. The Morgan fingerprint density at radius 1 is 1.03 bits per heavy atom. The molecule has 2 aromatic carbocycles. The first kappa shape index (κ1) is 23.4. The zero-order valence-corrected chi connectivity index (χ0v) is 18.3. The summed E-state index contributed by atoms with van der Waals surface area (Å²) in [6.07, 6.45) is 1.99. The zero-order chi connectivity index (χ0) is 20.1. The number of methoxy groups -OCH3 is 2. The predicted octanol–water partition coefficient (Wildman–Crippen LogP) is 3.75. The fourth-order valence-corrected chi connectivity index (χ4v) is 5.44. The summed E-state index contributed by atoms with van der Waals surface area (Å²) in [6.45, 7) is 2.29. The summed E-state index contributed by atoms with van der Waals surface area (Å²) in [5.41, 5.74) is 1.08. The van der Waals surface area contributed by atoms with Crippen molar-refractivity contribution in [2.45, 2.75) is 29.4 Å². The second-order valence-corrected chi connectivity index (χ2v) is 9.18. The summed E-state index contributed by atoms with van der Waals surface area (Å²) in [7, 11) is -0.477. The van der Waals surface area contributed by atoms with Crippen molar-refractivity contribution < 1.29 is 22.3 Å². The molecule has 160 valence electrons. The molecule has 0 spiro atoms. The Morgan fingerprint density at radius 2 is 1.69 bits per heavy atom. The second-order valence-electron chi connectivity index (χ2n) is 6.98. The van der Waals surface area contributed by atoms with Crippen LogP contribution in [0.4, 0.5) is 4.39 Å². The number of hydrogen-bond acceptors (Lipinski definition) is 5. The molecule has 0 saturated carbocycles. The van der Waals surface area contributed by atoms with E-state index >= 15 is 0 Å². The van der Waals surface area contributed by atoms with Gasteiger partial charge in [-0.15, -0.1) is 12.4 Å². The molecule has 0 amide bonds.